The average Bonchev–Trinajstić information content (AvgIpc) is 2.37. The maximum Gasteiger partial charge on any atom is 0.335 e. The van der Waals surface area contributed by atoms with Gasteiger partial charge in [0.05, 0.1) is 5.56 Å². The fraction of sp³-hybridized carbons (Fsp3) is 0.0714. The number of aromatic carboxylic acids is 1. The normalized spacial score (nSPS) is 10.2. The van der Waals surface area contributed by atoms with Crippen molar-refractivity contribution < 1.29 is 23.4 Å². The van der Waals surface area contributed by atoms with Gasteiger partial charge in [-0.25, -0.2) is 13.6 Å². The predicted octanol–water partition coefficient (Wildman–Crippen LogP) is 3.24. The van der Waals surface area contributed by atoms with E-state index in [9.17, 15) is 13.6 Å². The fourth-order valence-electron chi connectivity index (χ4n) is 1.58. The van der Waals surface area contributed by atoms with Crippen LogP contribution in [0.25, 0.3) is 0 Å². The topological polar surface area (TPSA) is 46.5 Å². The summed E-state index contributed by atoms with van der Waals surface area (Å²) in [5.41, 5.74) is 0.146. The number of para-hydroxylation sites is 1. The van der Waals surface area contributed by atoms with Crippen molar-refractivity contribution in [1.29, 1.82) is 0 Å². The third-order valence-electron chi connectivity index (χ3n) is 2.44. The Kier molecular flexibility index (Phi) is 3.75. The molecule has 0 amide bonds. The van der Waals surface area contributed by atoms with Gasteiger partial charge >= 0.3 is 5.97 Å². The number of hydrogen-bond acceptors (Lipinski definition) is 2. The van der Waals surface area contributed by atoms with Gasteiger partial charge in [0.15, 0.2) is 11.6 Å². The Hall–Kier alpha value is -2.43. The second-order valence-corrected chi connectivity index (χ2v) is 3.87. The first-order valence-electron chi connectivity index (χ1n) is 5.46. The van der Waals surface area contributed by atoms with Crippen molar-refractivity contribution in [1.82, 2.24) is 0 Å². The van der Waals surface area contributed by atoms with Crippen LogP contribution in [0.3, 0.4) is 0 Å². The molecule has 0 bridgehead atoms. The Labute approximate surface area is 108 Å². The van der Waals surface area contributed by atoms with E-state index < -0.39 is 17.6 Å². The summed E-state index contributed by atoms with van der Waals surface area (Å²) in [6.07, 6.45) is 0. The number of halogens is 2. The predicted molar refractivity (Wildman–Crippen MR) is 64.1 cm³/mol. The van der Waals surface area contributed by atoms with Gasteiger partial charge in [0.25, 0.3) is 0 Å². The first-order valence-corrected chi connectivity index (χ1v) is 5.46. The number of carboxylic acids is 1. The van der Waals surface area contributed by atoms with Crippen LogP contribution in [0, 0.1) is 11.6 Å². The summed E-state index contributed by atoms with van der Waals surface area (Å²) < 4.78 is 31.7. The number of rotatable bonds is 4. The zero-order valence-electron chi connectivity index (χ0n) is 9.77. The van der Waals surface area contributed by atoms with Crippen molar-refractivity contribution in [3.63, 3.8) is 0 Å². The molecule has 5 heteroatoms. The van der Waals surface area contributed by atoms with Crippen LogP contribution in [0.2, 0.25) is 0 Å². The van der Waals surface area contributed by atoms with E-state index in [1.54, 1.807) is 6.07 Å². The molecular weight excluding hydrogens is 254 g/mol. The lowest BCUT2D eigenvalue weighted by Gasteiger charge is -2.08. The van der Waals surface area contributed by atoms with Crippen molar-refractivity contribution in [2.24, 2.45) is 0 Å². The van der Waals surface area contributed by atoms with Gasteiger partial charge in [-0.15, -0.1) is 0 Å². The van der Waals surface area contributed by atoms with Gasteiger partial charge in [-0.3, -0.25) is 0 Å². The molecule has 2 aromatic carbocycles. The van der Waals surface area contributed by atoms with Crippen molar-refractivity contribution in [3.8, 4) is 5.75 Å². The van der Waals surface area contributed by atoms with E-state index in [-0.39, 0.29) is 17.9 Å². The van der Waals surface area contributed by atoms with Crippen molar-refractivity contribution >= 4 is 5.97 Å². The highest BCUT2D eigenvalue weighted by Crippen LogP contribution is 2.18. The molecule has 0 unspecified atom stereocenters. The van der Waals surface area contributed by atoms with E-state index in [1.165, 1.54) is 24.3 Å². The highest BCUT2D eigenvalue weighted by Gasteiger charge is 2.08. The lowest BCUT2D eigenvalue weighted by Crippen LogP contribution is -2.02. The van der Waals surface area contributed by atoms with E-state index >= 15 is 0 Å². The standard InChI is InChI=1S/C14H10F2O3/c15-11-6-9(5-10(7-11)14(17)18)8-19-13-4-2-1-3-12(13)16/h1-7H,8H2,(H,17,18). The molecule has 1 N–H and O–H groups in total. The van der Waals surface area contributed by atoms with Gasteiger partial charge in [0.2, 0.25) is 0 Å². The van der Waals surface area contributed by atoms with E-state index in [4.69, 9.17) is 9.84 Å². The molecule has 0 saturated heterocycles. The molecule has 98 valence electrons. The Bertz CT molecular complexity index is 611. The third kappa shape index (κ3) is 3.28. The number of hydrogen-bond donors (Lipinski definition) is 1. The first kappa shape index (κ1) is 13.0. The molecule has 0 aliphatic heterocycles. The largest absolute Gasteiger partial charge is 0.486 e. The number of carboxylic acid groups (broad SMARTS) is 1. The van der Waals surface area contributed by atoms with E-state index in [1.807, 2.05) is 0 Å². The monoisotopic (exact) mass is 264 g/mol. The van der Waals surface area contributed by atoms with Crippen LogP contribution in [-0.4, -0.2) is 11.1 Å². The van der Waals surface area contributed by atoms with Gasteiger partial charge in [-0.2, -0.15) is 0 Å². The van der Waals surface area contributed by atoms with Crippen LogP contribution in [0.4, 0.5) is 8.78 Å². The Balaban J connectivity index is 2.16. The number of benzene rings is 2. The zero-order chi connectivity index (χ0) is 13.8. The zero-order valence-corrected chi connectivity index (χ0v) is 9.77. The molecule has 0 aliphatic carbocycles. The molecule has 2 rings (SSSR count). The molecule has 19 heavy (non-hydrogen) atoms. The fourth-order valence-corrected chi connectivity index (χ4v) is 1.58. The minimum Gasteiger partial charge on any atom is -0.486 e. The summed E-state index contributed by atoms with van der Waals surface area (Å²) in [6.45, 7) is -0.112. The quantitative estimate of drug-likeness (QED) is 0.922. The lowest BCUT2D eigenvalue weighted by atomic mass is 10.1. The summed E-state index contributed by atoms with van der Waals surface area (Å²) in [6, 6.07) is 9.14. The van der Waals surface area contributed by atoms with E-state index in [0.29, 0.717) is 5.56 Å². The van der Waals surface area contributed by atoms with Crippen LogP contribution in [0.1, 0.15) is 15.9 Å². The summed E-state index contributed by atoms with van der Waals surface area (Å²) >= 11 is 0. The summed E-state index contributed by atoms with van der Waals surface area (Å²) in [5, 5.41) is 8.80. The van der Waals surface area contributed by atoms with Crippen LogP contribution >= 0.6 is 0 Å². The van der Waals surface area contributed by atoms with Gasteiger partial charge in [0, 0.05) is 0 Å². The van der Waals surface area contributed by atoms with Crippen molar-refractivity contribution in [2.75, 3.05) is 0 Å². The molecule has 2 aromatic rings. The smallest absolute Gasteiger partial charge is 0.335 e. The van der Waals surface area contributed by atoms with Gasteiger partial charge < -0.3 is 9.84 Å². The van der Waals surface area contributed by atoms with Gasteiger partial charge in [0.1, 0.15) is 12.4 Å². The van der Waals surface area contributed by atoms with Gasteiger partial charge in [-0.05, 0) is 35.9 Å². The lowest BCUT2D eigenvalue weighted by molar-refractivity contribution is 0.0696. The number of ether oxygens (including phenoxy) is 1. The molecule has 0 spiro atoms. The Morgan fingerprint density at radius 3 is 2.58 bits per heavy atom. The van der Waals surface area contributed by atoms with Crippen LogP contribution in [0.5, 0.6) is 5.75 Å². The minimum atomic E-state index is -1.23. The van der Waals surface area contributed by atoms with Crippen LogP contribution < -0.4 is 4.74 Å². The van der Waals surface area contributed by atoms with Crippen LogP contribution in [-0.2, 0) is 6.61 Å². The minimum absolute atomic E-state index is 0.0311. The van der Waals surface area contributed by atoms with E-state index in [2.05, 4.69) is 0 Å². The maximum absolute atomic E-state index is 13.3. The molecular formula is C14H10F2O3. The highest BCUT2D eigenvalue weighted by molar-refractivity contribution is 5.87. The van der Waals surface area contributed by atoms with Crippen molar-refractivity contribution in [3.05, 3.63) is 65.2 Å². The first-order chi connectivity index (χ1) is 9.06. The average molecular weight is 264 g/mol. The Morgan fingerprint density at radius 1 is 1.16 bits per heavy atom. The maximum atomic E-state index is 13.3. The Morgan fingerprint density at radius 2 is 1.89 bits per heavy atom. The molecule has 0 heterocycles. The van der Waals surface area contributed by atoms with Crippen LogP contribution in [0.15, 0.2) is 42.5 Å². The SMILES string of the molecule is O=C(O)c1cc(F)cc(COc2ccccc2F)c1. The molecule has 3 nitrogen and oxygen atoms in total. The molecule has 0 aromatic heterocycles. The van der Waals surface area contributed by atoms with Gasteiger partial charge in [-0.1, -0.05) is 12.1 Å². The molecule has 0 fully saturated rings. The molecule has 0 saturated carbocycles. The van der Waals surface area contributed by atoms with E-state index in [0.717, 1.165) is 12.1 Å². The summed E-state index contributed by atoms with van der Waals surface area (Å²) in [4.78, 5) is 10.8. The summed E-state index contributed by atoms with van der Waals surface area (Å²) in [7, 11) is 0. The second kappa shape index (κ2) is 5.48. The number of carbonyl (C=O) groups is 1. The van der Waals surface area contributed by atoms with Crippen molar-refractivity contribution in [2.45, 2.75) is 6.61 Å². The molecule has 0 atom stereocenters. The summed E-state index contributed by atoms with van der Waals surface area (Å²) in [5.74, 6) is -2.40. The molecule has 0 aliphatic rings. The third-order valence-corrected chi connectivity index (χ3v) is 2.44. The second-order valence-electron chi connectivity index (χ2n) is 3.87. The molecule has 0 radical (unpaired) electrons. The highest BCUT2D eigenvalue weighted by atomic mass is 19.1.